The van der Waals surface area contributed by atoms with Crippen LogP contribution in [0.1, 0.15) is 34.8 Å². The molecule has 1 heterocycles. The predicted molar refractivity (Wildman–Crippen MR) is 96.9 cm³/mol. The van der Waals surface area contributed by atoms with Crippen LogP contribution in [0.5, 0.6) is 0 Å². The van der Waals surface area contributed by atoms with Gasteiger partial charge in [-0.25, -0.2) is 0 Å². The van der Waals surface area contributed by atoms with Crippen LogP contribution in [0.3, 0.4) is 0 Å². The fourth-order valence-corrected chi connectivity index (χ4v) is 2.59. The summed E-state index contributed by atoms with van der Waals surface area (Å²) in [6.07, 6.45) is 1.34. The van der Waals surface area contributed by atoms with Gasteiger partial charge in [0, 0.05) is 5.02 Å². The minimum atomic E-state index is -0.897. The van der Waals surface area contributed by atoms with Crippen molar-refractivity contribution in [3.63, 3.8) is 0 Å². The molecule has 0 unspecified atom stereocenters. The SMILES string of the molecule is CC(C)[C@@H](NC(=O)c1ccc(Cl)cc1Cl)C(=O)NNC(=O)c1ccco1. The molecule has 3 amide bonds. The Morgan fingerprint density at radius 2 is 1.77 bits per heavy atom. The van der Waals surface area contributed by atoms with Gasteiger partial charge in [0.15, 0.2) is 5.76 Å². The van der Waals surface area contributed by atoms with Crippen LogP contribution in [0.15, 0.2) is 41.0 Å². The van der Waals surface area contributed by atoms with Crippen LogP contribution in [0.25, 0.3) is 0 Å². The van der Waals surface area contributed by atoms with E-state index in [0.717, 1.165) is 0 Å². The summed E-state index contributed by atoms with van der Waals surface area (Å²) in [5.41, 5.74) is 4.68. The van der Waals surface area contributed by atoms with E-state index in [0.29, 0.717) is 5.02 Å². The van der Waals surface area contributed by atoms with Gasteiger partial charge in [-0.15, -0.1) is 0 Å². The van der Waals surface area contributed by atoms with E-state index in [1.54, 1.807) is 19.9 Å². The summed E-state index contributed by atoms with van der Waals surface area (Å²) in [6, 6.07) is 6.53. The highest BCUT2D eigenvalue weighted by molar-refractivity contribution is 6.36. The molecule has 0 aliphatic carbocycles. The second-order valence-electron chi connectivity index (χ2n) is 5.74. The minimum Gasteiger partial charge on any atom is -0.459 e. The lowest BCUT2D eigenvalue weighted by molar-refractivity contribution is -0.124. The van der Waals surface area contributed by atoms with E-state index in [4.69, 9.17) is 27.6 Å². The van der Waals surface area contributed by atoms with Crippen molar-refractivity contribution in [3.8, 4) is 0 Å². The molecule has 3 N–H and O–H groups in total. The summed E-state index contributed by atoms with van der Waals surface area (Å²) >= 11 is 11.8. The number of hydrogen-bond donors (Lipinski definition) is 3. The number of hydrogen-bond acceptors (Lipinski definition) is 4. The molecule has 2 rings (SSSR count). The lowest BCUT2D eigenvalue weighted by Crippen LogP contribution is -2.54. The van der Waals surface area contributed by atoms with E-state index < -0.39 is 23.8 Å². The number of halogens is 2. The highest BCUT2D eigenvalue weighted by Crippen LogP contribution is 2.21. The van der Waals surface area contributed by atoms with Crippen LogP contribution >= 0.6 is 23.2 Å². The molecular formula is C17H17Cl2N3O4. The van der Waals surface area contributed by atoms with Crippen molar-refractivity contribution in [3.05, 3.63) is 58.0 Å². The summed E-state index contributed by atoms with van der Waals surface area (Å²) in [7, 11) is 0. The van der Waals surface area contributed by atoms with Gasteiger partial charge < -0.3 is 9.73 Å². The van der Waals surface area contributed by atoms with Gasteiger partial charge >= 0.3 is 5.91 Å². The lowest BCUT2D eigenvalue weighted by atomic mass is 10.0. The molecule has 0 radical (unpaired) electrons. The number of hydrazine groups is 1. The molecule has 26 heavy (non-hydrogen) atoms. The molecule has 0 aliphatic heterocycles. The van der Waals surface area contributed by atoms with Gasteiger partial charge in [-0.2, -0.15) is 0 Å². The van der Waals surface area contributed by atoms with Crippen molar-refractivity contribution in [1.29, 1.82) is 0 Å². The van der Waals surface area contributed by atoms with Crippen molar-refractivity contribution in [1.82, 2.24) is 16.2 Å². The quantitative estimate of drug-likeness (QED) is 0.675. The molecule has 0 spiro atoms. The third kappa shape index (κ3) is 5.00. The molecule has 0 saturated carbocycles. The lowest BCUT2D eigenvalue weighted by Gasteiger charge is -2.22. The number of benzene rings is 1. The number of nitrogens with one attached hydrogen (secondary N) is 3. The average molecular weight is 398 g/mol. The monoisotopic (exact) mass is 397 g/mol. The topological polar surface area (TPSA) is 100 Å². The van der Waals surface area contributed by atoms with Gasteiger partial charge in [-0.1, -0.05) is 37.0 Å². The second-order valence-corrected chi connectivity index (χ2v) is 6.58. The molecule has 138 valence electrons. The summed E-state index contributed by atoms with van der Waals surface area (Å²) in [6.45, 7) is 3.50. The zero-order valence-corrected chi connectivity index (χ0v) is 15.5. The van der Waals surface area contributed by atoms with Crippen molar-refractivity contribution < 1.29 is 18.8 Å². The van der Waals surface area contributed by atoms with Crippen LogP contribution in [0.2, 0.25) is 10.0 Å². The van der Waals surface area contributed by atoms with E-state index in [1.165, 1.54) is 30.5 Å². The Hall–Kier alpha value is -2.51. The summed E-state index contributed by atoms with van der Waals surface area (Å²) in [4.78, 5) is 36.5. The van der Waals surface area contributed by atoms with E-state index in [-0.39, 0.29) is 22.3 Å². The molecule has 0 fully saturated rings. The predicted octanol–water partition coefficient (Wildman–Crippen LogP) is 2.80. The molecular weight excluding hydrogens is 381 g/mol. The van der Waals surface area contributed by atoms with Gasteiger partial charge in [0.2, 0.25) is 0 Å². The molecule has 1 aromatic heterocycles. The van der Waals surface area contributed by atoms with E-state index in [1.807, 2.05) is 0 Å². The Kier molecular flexibility index (Phi) is 6.65. The van der Waals surface area contributed by atoms with Crippen LogP contribution in [0, 0.1) is 5.92 Å². The Balaban J connectivity index is 2.02. The minimum absolute atomic E-state index is 0.0448. The standard InChI is InChI=1S/C17H17Cl2N3O4/c1-9(2)14(17(25)22-21-16(24)13-4-3-7-26-13)20-15(23)11-6-5-10(18)8-12(11)19/h3-9,14H,1-2H3,(H,20,23)(H,21,24)(H,22,25)/t14-/m1/s1. The Labute approximate surface area is 160 Å². The Morgan fingerprint density at radius 3 is 2.35 bits per heavy atom. The number of furan rings is 1. The highest BCUT2D eigenvalue weighted by Gasteiger charge is 2.26. The first-order valence-electron chi connectivity index (χ1n) is 7.69. The van der Waals surface area contributed by atoms with E-state index in [9.17, 15) is 14.4 Å². The largest absolute Gasteiger partial charge is 0.459 e. The fraction of sp³-hybridized carbons (Fsp3) is 0.235. The molecule has 1 aromatic carbocycles. The third-order valence-electron chi connectivity index (χ3n) is 3.46. The smallest absolute Gasteiger partial charge is 0.305 e. The average Bonchev–Trinajstić information content (AvgIpc) is 3.11. The number of carbonyl (C=O) groups excluding carboxylic acids is 3. The van der Waals surface area contributed by atoms with Crippen LogP contribution in [0.4, 0.5) is 0 Å². The van der Waals surface area contributed by atoms with Crippen molar-refractivity contribution in [2.45, 2.75) is 19.9 Å². The summed E-state index contributed by atoms with van der Waals surface area (Å²) in [5.74, 6) is -1.93. The van der Waals surface area contributed by atoms with Crippen LogP contribution < -0.4 is 16.2 Å². The maximum atomic E-state index is 12.4. The van der Waals surface area contributed by atoms with Gasteiger partial charge in [-0.05, 0) is 36.2 Å². The maximum absolute atomic E-state index is 12.4. The van der Waals surface area contributed by atoms with E-state index >= 15 is 0 Å². The van der Waals surface area contributed by atoms with Gasteiger partial charge in [-0.3, -0.25) is 25.2 Å². The zero-order valence-electron chi connectivity index (χ0n) is 14.0. The number of amides is 3. The molecule has 7 nitrogen and oxygen atoms in total. The Morgan fingerprint density at radius 1 is 1.04 bits per heavy atom. The normalized spacial score (nSPS) is 11.7. The molecule has 9 heteroatoms. The molecule has 2 aromatic rings. The van der Waals surface area contributed by atoms with Gasteiger partial charge in [0.1, 0.15) is 6.04 Å². The highest BCUT2D eigenvalue weighted by atomic mass is 35.5. The Bertz CT molecular complexity index is 806. The van der Waals surface area contributed by atoms with Crippen molar-refractivity contribution in [2.75, 3.05) is 0 Å². The van der Waals surface area contributed by atoms with Crippen molar-refractivity contribution >= 4 is 40.9 Å². The third-order valence-corrected chi connectivity index (χ3v) is 4.00. The molecule has 0 bridgehead atoms. The number of carbonyl (C=O) groups is 3. The first kappa shape index (κ1) is 19.8. The first-order chi connectivity index (χ1) is 12.3. The summed E-state index contributed by atoms with van der Waals surface area (Å²) in [5, 5.41) is 3.16. The van der Waals surface area contributed by atoms with Gasteiger partial charge in [0.25, 0.3) is 11.8 Å². The van der Waals surface area contributed by atoms with Gasteiger partial charge in [0.05, 0.1) is 16.8 Å². The first-order valence-corrected chi connectivity index (χ1v) is 8.44. The fourth-order valence-electron chi connectivity index (χ4n) is 2.09. The molecule has 0 saturated heterocycles. The van der Waals surface area contributed by atoms with Crippen LogP contribution in [-0.2, 0) is 4.79 Å². The maximum Gasteiger partial charge on any atom is 0.305 e. The van der Waals surface area contributed by atoms with E-state index in [2.05, 4.69) is 16.2 Å². The summed E-state index contributed by atoms with van der Waals surface area (Å²) < 4.78 is 4.92. The zero-order chi connectivity index (χ0) is 19.3. The molecule has 1 atom stereocenters. The number of rotatable bonds is 5. The second kappa shape index (κ2) is 8.73. The van der Waals surface area contributed by atoms with Crippen molar-refractivity contribution in [2.24, 2.45) is 5.92 Å². The molecule has 0 aliphatic rings. The van der Waals surface area contributed by atoms with Crippen LogP contribution in [-0.4, -0.2) is 23.8 Å².